The molecule has 2 saturated heterocycles. The number of fused-ring (bicyclic) bond motifs is 2. The van der Waals surface area contributed by atoms with Gasteiger partial charge >= 0.3 is 6.03 Å². The number of carbonyl (C=O) groups excluding carboxylic acids is 3. The zero-order valence-electron chi connectivity index (χ0n) is 13.6. The monoisotopic (exact) mass is 348 g/mol. The molecule has 2 fully saturated rings. The Morgan fingerprint density at radius 1 is 1.24 bits per heavy atom. The van der Waals surface area contributed by atoms with Crippen molar-refractivity contribution < 1.29 is 24.1 Å². The third kappa shape index (κ3) is 3.89. The molecule has 2 aliphatic rings. The minimum absolute atomic E-state index is 0.0770. The van der Waals surface area contributed by atoms with Gasteiger partial charge in [0.2, 0.25) is 5.91 Å². The van der Waals surface area contributed by atoms with Gasteiger partial charge in [-0.25, -0.2) is 10.3 Å². The summed E-state index contributed by atoms with van der Waals surface area (Å²) in [7, 11) is 0. The molecule has 2 heterocycles. The van der Waals surface area contributed by atoms with E-state index < -0.39 is 24.5 Å². The Morgan fingerprint density at radius 2 is 2.00 bits per heavy atom. The molecule has 0 aromatic heterocycles. The Labute approximate surface area is 144 Å². The number of benzene rings is 1. The summed E-state index contributed by atoms with van der Waals surface area (Å²) in [5.74, 6) is -1.17. The SMILES string of the molecule is NC(=O)CONC(=O)[C@@H]1CC[C@@H]2CN1C(=O)N2OCc1ccccc1. The quantitative estimate of drug-likeness (QED) is 0.669. The summed E-state index contributed by atoms with van der Waals surface area (Å²) in [6, 6.07) is 8.48. The van der Waals surface area contributed by atoms with Crippen LogP contribution in [0.4, 0.5) is 4.79 Å². The number of nitrogens with one attached hydrogen (secondary N) is 1. The lowest BCUT2D eigenvalue weighted by Gasteiger charge is -2.28. The van der Waals surface area contributed by atoms with E-state index in [1.54, 1.807) is 0 Å². The molecule has 9 heteroatoms. The second-order valence-corrected chi connectivity index (χ2v) is 5.99. The van der Waals surface area contributed by atoms with Crippen molar-refractivity contribution in [3.05, 3.63) is 35.9 Å². The second-order valence-electron chi connectivity index (χ2n) is 5.99. The smallest absolute Gasteiger partial charge is 0.345 e. The minimum atomic E-state index is -0.693. The van der Waals surface area contributed by atoms with Crippen LogP contribution in [0.15, 0.2) is 30.3 Å². The van der Waals surface area contributed by atoms with Gasteiger partial charge in [-0.05, 0) is 18.4 Å². The van der Waals surface area contributed by atoms with Gasteiger partial charge in [0.25, 0.3) is 5.91 Å². The minimum Gasteiger partial charge on any atom is -0.368 e. The fraction of sp³-hybridized carbons (Fsp3) is 0.438. The number of hydrogen-bond donors (Lipinski definition) is 2. The van der Waals surface area contributed by atoms with Gasteiger partial charge in [-0.3, -0.25) is 19.3 Å². The molecule has 0 spiro atoms. The largest absolute Gasteiger partial charge is 0.368 e. The fourth-order valence-electron chi connectivity index (χ4n) is 3.04. The van der Waals surface area contributed by atoms with Crippen molar-refractivity contribution in [2.24, 2.45) is 5.73 Å². The highest BCUT2D eigenvalue weighted by Gasteiger charge is 2.48. The molecule has 134 valence electrons. The first-order valence-electron chi connectivity index (χ1n) is 8.03. The van der Waals surface area contributed by atoms with Gasteiger partial charge in [0.05, 0.1) is 6.04 Å². The third-order valence-electron chi connectivity index (χ3n) is 4.23. The van der Waals surface area contributed by atoms with Crippen molar-refractivity contribution in [3.8, 4) is 0 Å². The van der Waals surface area contributed by atoms with Crippen LogP contribution in [0, 0.1) is 0 Å². The van der Waals surface area contributed by atoms with Crippen LogP contribution >= 0.6 is 0 Å². The average Bonchev–Trinajstić information content (AvgIpc) is 2.84. The Bertz CT molecular complexity index is 653. The summed E-state index contributed by atoms with van der Waals surface area (Å²) in [5.41, 5.74) is 8.06. The third-order valence-corrected chi connectivity index (χ3v) is 4.23. The van der Waals surface area contributed by atoms with Gasteiger partial charge in [-0.1, -0.05) is 30.3 Å². The van der Waals surface area contributed by atoms with Crippen LogP contribution in [0.25, 0.3) is 0 Å². The number of hydroxylamine groups is 3. The Morgan fingerprint density at radius 3 is 2.72 bits per heavy atom. The summed E-state index contributed by atoms with van der Waals surface area (Å²) in [5, 5.41) is 1.35. The van der Waals surface area contributed by atoms with Crippen molar-refractivity contribution >= 4 is 17.8 Å². The maximum absolute atomic E-state index is 12.5. The molecule has 2 atom stereocenters. The number of piperidine rings is 1. The molecule has 9 nitrogen and oxygen atoms in total. The number of hydrogen-bond acceptors (Lipinski definition) is 5. The van der Waals surface area contributed by atoms with Crippen LogP contribution in [0.3, 0.4) is 0 Å². The van der Waals surface area contributed by atoms with Crippen molar-refractivity contribution in [1.29, 1.82) is 0 Å². The lowest BCUT2D eigenvalue weighted by atomic mass is 10.0. The number of nitrogens with two attached hydrogens (primary N) is 1. The van der Waals surface area contributed by atoms with Crippen molar-refractivity contribution in [1.82, 2.24) is 15.4 Å². The maximum Gasteiger partial charge on any atom is 0.345 e. The van der Waals surface area contributed by atoms with Gasteiger partial charge in [-0.2, -0.15) is 5.06 Å². The van der Waals surface area contributed by atoms with Gasteiger partial charge in [0.1, 0.15) is 12.6 Å². The van der Waals surface area contributed by atoms with E-state index in [1.165, 1.54) is 9.96 Å². The molecule has 3 N–H and O–H groups in total. The van der Waals surface area contributed by atoms with Crippen molar-refractivity contribution in [3.63, 3.8) is 0 Å². The molecule has 2 bridgehead atoms. The van der Waals surface area contributed by atoms with E-state index in [0.29, 0.717) is 19.4 Å². The number of rotatable bonds is 7. The maximum atomic E-state index is 12.5. The standard InChI is InChI=1S/C16H20N4O5/c17-14(21)10-24-18-15(22)13-7-6-12-8-19(13)16(23)20(12)25-9-11-4-2-1-3-5-11/h1-5,12-13H,6-10H2,(H2,17,21)(H,18,22)/t12-,13+/m1/s1. The molecule has 3 rings (SSSR count). The summed E-state index contributed by atoms with van der Waals surface area (Å²) in [4.78, 5) is 47.2. The van der Waals surface area contributed by atoms with E-state index in [0.717, 1.165) is 5.56 Å². The highest BCUT2D eigenvalue weighted by molar-refractivity contribution is 5.88. The number of primary amides is 1. The van der Waals surface area contributed by atoms with E-state index >= 15 is 0 Å². The molecule has 0 saturated carbocycles. The van der Waals surface area contributed by atoms with E-state index in [-0.39, 0.29) is 18.7 Å². The number of nitrogens with zero attached hydrogens (tertiary/aromatic N) is 2. The van der Waals surface area contributed by atoms with Gasteiger partial charge < -0.3 is 10.6 Å². The lowest BCUT2D eigenvalue weighted by molar-refractivity contribution is -0.142. The van der Waals surface area contributed by atoms with Crippen molar-refractivity contribution in [2.75, 3.05) is 13.2 Å². The zero-order valence-corrected chi connectivity index (χ0v) is 13.6. The summed E-state index contributed by atoms with van der Waals surface area (Å²) in [6.45, 7) is 0.290. The van der Waals surface area contributed by atoms with Crippen LogP contribution in [0.5, 0.6) is 0 Å². The first-order chi connectivity index (χ1) is 12.1. The molecule has 1 aromatic rings. The molecular formula is C16H20N4O5. The molecule has 2 aliphatic heterocycles. The normalized spacial score (nSPS) is 22.2. The average molecular weight is 348 g/mol. The summed E-state index contributed by atoms with van der Waals surface area (Å²) >= 11 is 0. The first-order valence-corrected chi connectivity index (χ1v) is 8.03. The number of carbonyl (C=O) groups is 3. The van der Waals surface area contributed by atoms with Crippen LogP contribution in [0.1, 0.15) is 18.4 Å². The first kappa shape index (κ1) is 17.2. The summed E-state index contributed by atoms with van der Waals surface area (Å²) in [6.07, 6.45) is 1.14. The van der Waals surface area contributed by atoms with Crippen molar-refractivity contribution in [2.45, 2.75) is 31.5 Å². The van der Waals surface area contributed by atoms with Crippen LogP contribution in [-0.4, -0.2) is 53.0 Å². The highest BCUT2D eigenvalue weighted by Crippen LogP contribution is 2.30. The second kappa shape index (κ2) is 7.49. The predicted molar refractivity (Wildman–Crippen MR) is 85.3 cm³/mol. The highest BCUT2D eigenvalue weighted by atomic mass is 16.7. The number of urea groups is 1. The zero-order chi connectivity index (χ0) is 17.8. The summed E-state index contributed by atoms with van der Waals surface area (Å²) < 4.78 is 0. The fourth-order valence-corrected chi connectivity index (χ4v) is 3.04. The topological polar surface area (TPSA) is 114 Å². The molecule has 0 radical (unpaired) electrons. The van der Waals surface area contributed by atoms with E-state index in [2.05, 4.69) is 5.48 Å². The van der Waals surface area contributed by atoms with Crippen LogP contribution in [0.2, 0.25) is 0 Å². The van der Waals surface area contributed by atoms with Gasteiger partial charge in [0.15, 0.2) is 6.61 Å². The Balaban J connectivity index is 1.56. The predicted octanol–water partition coefficient (Wildman–Crippen LogP) is -0.0801. The molecule has 0 unspecified atom stereocenters. The Kier molecular flexibility index (Phi) is 5.15. The van der Waals surface area contributed by atoms with Crippen LogP contribution < -0.4 is 11.2 Å². The van der Waals surface area contributed by atoms with Gasteiger partial charge in [-0.15, -0.1) is 0 Å². The molecule has 25 heavy (non-hydrogen) atoms. The van der Waals surface area contributed by atoms with E-state index in [9.17, 15) is 14.4 Å². The molecule has 4 amide bonds. The molecule has 1 aromatic carbocycles. The van der Waals surface area contributed by atoms with E-state index in [4.69, 9.17) is 15.4 Å². The molecular weight excluding hydrogens is 328 g/mol. The van der Waals surface area contributed by atoms with Gasteiger partial charge in [0, 0.05) is 6.54 Å². The lowest BCUT2D eigenvalue weighted by Crippen LogP contribution is -2.50. The molecule has 0 aliphatic carbocycles. The number of amides is 4. The van der Waals surface area contributed by atoms with Crippen LogP contribution in [-0.2, 0) is 25.9 Å². The Hall–Kier alpha value is -2.65. The van der Waals surface area contributed by atoms with E-state index in [1.807, 2.05) is 30.3 Å².